The number of hydrogen-bond donors (Lipinski definition) is 0. The van der Waals surface area contributed by atoms with Gasteiger partial charge in [0.15, 0.2) is 0 Å². The number of nitrogens with zero attached hydrogens (tertiary/aromatic N) is 2. The Bertz CT molecular complexity index is 88.4. The summed E-state index contributed by atoms with van der Waals surface area (Å²) in [6, 6.07) is 0. The lowest BCUT2D eigenvalue weighted by molar-refractivity contribution is 0.469. The second-order valence-electron chi connectivity index (χ2n) is 2.06. The van der Waals surface area contributed by atoms with Crippen molar-refractivity contribution in [3.63, 3.8) is 0 Å². The first kappa shape index (κ1) is 8.36. The summed E-state index contributed by atoms with van der Waals surface area (Å²) in [6.07, 6.45) is 0. The van der Waals surface area contributed by atoms with Crippen LogP contribution in [0.4, 0.5) is 0 Å². The first-order valence-corrected chi connectivity index (χ1v) is 3.42. The highest BCUT2D eigenvalue weighted by Crippen LogP contribution is 1.87. The molecule has 0 bridgehead atoms. The zero-order chi connectivity index (χ0) is 6.57. The minimum Gasteiger partial charge on any atom is -0.304 e. The third-order valence-corrected chi connectivity index (χ3v) is 1.51. The van der Waals surface area contributed by atoms with E-state index in [-0.39, 0.29) is 0 Å². The Hall–Kier alpha value is 0.360. The van der Waals surface area contributed by atoms with Gasteiger partial charge in [0.25, 0.3) is 0 Å². The minimum absolute atomic E-state index is 0.961. The van der Waals surface area contributed by atoms with Gasteiger partial charge in [-0.15, -0.1) is 0 Å². The molecule has 48 valence electrons. The standard InChI is InChI=1S/C5H11IN2/c1-5(7-6)4-8(2)3/h4H2,1-3H3. The summed E-state index contributed by atoms with van der Waals surface area (Å²) in [4.78, 5) is 2.09. The number of rotatable bonds is 2. The van der Waals surface area contributed by atoms with Crippen molar-refractivity contribution in [1.82, 2.24) is 4.90 Å². The SMILES string of the molecule is CC(CN(C)C)=NI. The van der Waals surface area contributed by atoms with Crippen molar-refractivity contribution < 1.29 is 0 Å². The molecule has 0 unspecified atom stereocenters. The van der Waals surface area contributed by atoms with E-state index in [2.05, 4.69) is 8.11 Å². The van der Waals surface area contributed by atoms with Crippen LogP contribution in [0.1, 0.15) is 6.92 Å². The lowest BCUT2D eigenvalue weighted by Crippen LogP contribution is -2.18. The first-order valence-electron chi connectivity index (χ1n) is 2.46. The highest BCUT2D eigenvalue weighted by atomic mass is 127. The molecular formula is C5H11IN2. The van der Waals surface area contributed by atoms with Crippen LogP contribution in [-0.2, 0) is 0 Å². The molecule has 3 heteroatoms. The molecule has 0 saturated carbocycles. The van der Waals surface area contributed by atoms with E-state index in [4.69, 9.17) is 0 Å². The second-order valence-corrected chi connectivity index (χ2v) is 2.54. The fourth-order valence-corrected chi connectivity index (χ4v) is 0.637. The van der Waals surface area contributed by atoms with Crippen LogP contribution in [-0.4, -0.2) is 31.3 Å². The molecule has 0 saturated heterocycles. The second kappa shape index (κ2) is 4.26. The average molecular weight is 226 g/mol. The molecule has 0 atom stereocenters. The minimum atomic E-state index is 0.961. The summed E-state index contributed by atoms with van der Waals surface area (Å²) in [5, 5.41) is 0. The van der Waals surface area contributed by atoms with Gasteiger partial charge in [0.05, 0.1) is 22.9 Å². The van der Waals surface area contributed by atoms with Crippen molar-refractivity contribution in [3.05, 3.63) is 0 Å². The Morgan fingerprint density at radius 3 is 2.25 bits per heavy atom. The van der Waals surface area contributed by atoms with E-state index in [1.165, 1.54) is 0 Å². The molecule has 0 heterocycles. The van der Waals surface area contributed by atoms with Gasteiger partial charge in [0, 0.05) is 12.3 Å². The summed E-state index contributed by atoms with van der Waals surface area (Å²) in [6.45, 7) is 2.98. The van der Waals surface area contributed by atoms with Crippen LogP contribution in [0.3, 0.4) is 0 Å². The predicted molar refractivity (Wildman–Crippen MR) is 45.7 cm³/mol. The number of halogens is 1. The molecular weight excluding hydrogens is 215 g/mol. The molecule has 0 spiro atoms. The van der Waals surface area contributed by atoms with Gasteiger partial charge < -0.3 is 4.90 Å². The summed E-state index contributed by atoms with van der Waals surface area (Å²) in [5.74, 6) is 0. The van der Waals surface area contributed by atoms with E-state index < -0.39 is 0 Å². The van der Waals surface area contributed by atoms with Gasteiger partial charge in [-0.05, 0) is 21.0 Å². The Kier molecular flexibility index (Phi) is 4.45. The first-order chi connectivity index (χ1) is 3.66. The molecule has 0 rings (SSSR count). The Labute approximate surface area is 64.5 Å². The maximum atomic E-state index is 3.97. The summed E-state index contributed by atoms with van der Waals surface area (Å²) in [7, 11) is 4.07. The molecule has 0 radical (unpaired) electrons. The molecule has 0 aromatic heterocycles. The normalized spacial score (nSPS) is 12.9. The maximum absolute atomic E-state index is 3.97. The monoisotopic (exact) mass is 226 g/mol. The molecule has 0 amide bonds. The van der Waals surface area contributed by atoms with Gasteiger partial charge in [0.1, 0.15) is 0 Å². The van der Waals surface area contributed by atoms with Crippen molar-refractivity contribution in [2.24, 2.45) is 3.21 Å². The van der Waals surface area contributed by atoms with Crippen LogP contribution in [0, 0.1) is 0 Å². The van der Waals surface area contributed by atoms with Crippen LogP contribution in [0.15, 0.2) is 3.21 Å². The lowest BCUT2D eigenvalue weighted by Gasteiger charge is -2.06. The summed E-state index contributed by atoms with van der Waals surface area (Å²) < 4.78 is 3.97. The van der Waals surface area contributed by atoms with Crippen molar-refractivity contribution in [3.8, 4) is 0 Å². The smallest absolute Gasteiger partial charge is 0.0830 e. The van der Waals surface area contributed by atoms with E-state index >= 15 is 0 Å². The van der Waals surface area contributed by atoms with E-state index in [0.717, 1.165) is 12.3 Å². The van der Waals surface area contributed by atoms with Gasteiger partial charge in [0.2, 0.25) is 0 Å². The van der Waals surface area contributed by atoms with Crippen molar-refractivity contribution in [2.75, 3.05) is 20.6 Å². The van der Waals surface area contributed by atoms with Crippen molar-refractivity contribution in [2.45, 2.75) is 6.92 Å². The topological polar surface area (TPSA) is 15.6 Å². The molecule has 0 aliphatic carbocycles. The van der Waals surface area contributed by atoms with Crippen LogP contribution in [0.25, 0.3) is 0 Å². The number of hydrogen-bond acceptors (Lipinski definition) is 2. The van der Waals surface area contributed by atoms with Gasteiger partial charge in [-0.2, -0.15) is 0 Å². The van der Waals surface area contributed by atoms with Gasteiger partial charge in [-0.3, -0.25) is 0 Å². The van der Waals surface area contributed by atoms with Gasteiger partial charge in [-0.1, -0.05) is 0 Å². The fourth-order valence-electron chi connectivity index (χ4n) is 0.484. The molecule has 2 nitrogen and oxygen atoms in total. The molecule has 0 N–H and O–H groups in total. The lowest BCUT2D eigenvalue weighted by atomic mass is 10.4. The largest absolute Gasteiger partial charge is 0.304 e. The molecule has 0 aliphatic heterocycles. The zero-order valence-electron chi connectivity index (χ0n) is 5.48. The Morgan fingerprint density at radius 2 is 2.12 bits per heavy atom. The predicted octanol–water partition coefficient (Wildman–Crippen LogP) is 1.36. The molecule has 0 aliphatic rings. The summed E-state index contributed by atoms with van der Waals surface area (Å²) in [5.41, 5.74) is 1.16. The fraction of sp³-hybridized carbons (Fsp3) is 0.800. The van der Waals surface area contributed by atoms with Crippen LogP contribution in [0.2, 0.25) is 0 Å². The average Bonchev–Trinajstić information content (AvgIpc) is 1.65. The van der Waals surface area contributed by atoms with Crippen LogP contribution in [0.5, 0.6) is 0 Å². The third-order valence-electron chi connectivity index (χ3n) is 0.689. The van der Waals surface area contributed by atoms with Crippen LogP contribution >= 0.6 is 22.9 Å². The quantitative estimate of drug-likeness (QED) is 0.512. The van der Waals surface area contributed by atoms with Crippen molar-refractivity contribution in [1.29, 1.82) is 0 Å². The maximum Gasteiger partial charge on any atom is 0.0830 e. The summed E-state index contributed by atoms with van der Waals surface area (Å²) >= 11 is 2.01. The Balaban J connectivity index is 3.39. The highest BCUT2D eigenvalue weighted by Gasteiger charge is 1.90. The molecule has 8 heavy (non-hydrogen) atoms. The highest BCUT2D eigenvalue weighted by molar-refractivity contribution is 14.1. The Morgan fingerprint density at radius 1 is 1.62 bits per heavy atom. The third kappa shape index (κ3) is 4.52. The van der Waals surface area contributed by atoms with E-state index in [0.29, 0.717) is 0 Å². The molecule has 0 fully saturated rings. The zero-order valence-corrected chi connectivity index (χ0v) is 7.64. The van der Waals surface area contributed by atoms with E-state index in [9.17, 15) is 0 Å². The van der Waals surface area contributed by atoms with Gasteiger partial charge >= 0.3 is 0 Å². The van der Waals surface area contributed by atoms with E-state index in [1.807, 2.05) is 43.9 Å². The van der Waals surface area contributed by atoms with Crippen LogP contribution < -0.4 is 0 Å². The molecule has 0 aromatic carbocycles. The van der Waals surface area contributed by atoms with Gasteiger partial charge in [-0.25, -0.2) is 3.21 Å². The molecule has 0 aromatic rings. The van der Waals surface area contributed by atoms with Crippen molar-refractivity contribution >= 4 is 28.6 Å². The van der Waals surface area contributed by atoms with E-state index in [1.54, 1.807) is 0 Å².